The van der Waals surface area contributed by atoms with Crippen molar-refractivity contribution in [3.05, 3.63) is 0 Å². The fraction of sp³-hybridized carbons (Fsp3) is 1.00. The molecule has 2 N–H and O–H groups in total. The van der Waals surface area contributed by atoms with Gasteiger partial charge in [0.1, 0.15) is 0 Å². The Labute approximate surface area is 73.3 Å². The average molecular weight is 231 g/mol. The van der Waals surface area contributed by atoms with Crippen molar-refractivity contribution in [2.75, 3.05) is 7.11 Å². The number of alkyl halides is 3. The van der Waals surface area contributed by atoms with Crippen molar-refractivity contribution in [1.29, 1.82) is 0 Å². The average Bonchev–Trinajstić information content (AvgIpc) is 1.63. The molecule has 0 unspecified atom stereocenters. The molecule has 64 valence electrons. The van der Waals surface area contributed by atoms with E-state index in [1.807, 2.05) is 0 Å². The Morgan fingerprint density at radius 2 is 1.50 bits per heavy atom. The van der Waals surface area contributed by atoms with Gasteiger partial charge in [-0.25, -0.2) is 4.57 Å². The van der Waals surface area contributed by atoms with Gasteiger partial charge in [0.2, 0.25) is 0 Å². The van der Waals surface area contributed by atoms with E-state index in [4.69, 9.17) is 44.6 Å². The molecule has 0 aromatic carbocycles. The molecule has 0 radical (unpaired) electrons. The molecule has 0 amide bonds. The van der Waals surface area contributed by atoms with Crippen LogP contribution in [-0.4, -0.2) is 21.2 Å². The zero-order valence-corrected chi connectivity index (χ0v) is 8.03. The standard InChI is InChI=1S/CHCl3.CH5O4P/c2-1(3)4;1-5-6(2,3)4/h1H;1H3,(H2,2,3,4). The Bertz CT molecular complexity index is 108. The van der Waals surface area contributed by atoms with E-state index in [9.17, 15) is 4.57 Å². The second-order valence-electron chi connectivity index (χ2n) is 0.921. The minimum Gasteiger partial charge on any atom is -0.303 e. The molecule has 0 fully saturated rings. The van der Waals surface area contributed by atoms with Gasteiger partial charge in [0.15, 0.2) is 4.30 Å². The summed E-state index contributed by atoms with van der Waals surface area (Å²) in [6.45, 7) is 0. The summed E-state index contributed by atoms with van der Waals surface area (Å²) in [5.74, 6) is 0. The van der Waals surface area contributed by atoms with E-state index in [0.717, 1.165) is 7.11 Å². The van der Waals surface area contributed by atoms with Gasteiger partial charge < -0.3 is 9.79 Å². The summed E-state index contributed by atoms with van der Waals surface area (Å²) in [7, 11) is -3.20. The lowest BCUT2D eigenvalue weighted by Crippen LogP contribution is -1.76. The van der Waals surface area contributed by atoms with Crippen molar-refractivity contribution < 1.29 is 18.9 Å². The number of phosphoric acid groups is 1. The van der Waals surface area contributed by atoms with E-state index < -0.39 is 12.1 Å². The minimum atomic E-state index is -4.15. The predicted molar refractivity (Wildman–Crippen MR) is 40.4 cm³/mol. The fourth-order valence-electron chi connectivity index (χ4n) is 0. The molecule has 0 saturated carbocycles. The van der Waals surface area contributed by atoms with Crippen LogP contribution < -0.4 is 0 Å². The number of rotatable bonds is 1. The topological polar surface area (TPSA) is 66.8 Å². The molecule has 0 aliphatic carbocycles. The van der Waals surface area contributed by atoms with Crippen molar-refractivity contribution >= 4 is 42.6 Å². The van der Waals surface area contributed by atoms with Crippen molar-refractivity contribution in [2.45, 2.75) is 4.30 Å². The van der Waals surface area contributed by atoms with Gasteiger partial charge in [-0.15, -0.1) is 0 Å². The third kappa shape index (κ3) is 36.1. The second kappa shape index (κ2) is 6.68. The number of halogens is 3. The Morgan fingerprint density at radius 3 is 1.50 bits per heavy atom. The van der Waals surface area contributed by atoms with Crippen LogP contribution in [0.3, 0.4) is 0 Å². The summed E-state index contributed by atoms with van der Waals surface area (Å²) in [4.78, 5) is 15.4. The highest BCUT2D eigenvalue weighted by atomic mass is 35.6. The monoisotopic (exact) mass is 230 g/mol. The van der Waals surface area contributed by atoms with E-state index in [0.29, 0.717) is 0 Å². The third-order valence-corrected chi connectivity index (χ3v) is 0.714. The SMILES string of the molecule is COP(=O)(O)O.ClC(Cl)Cl. The predicted octanol–water partition coefficient (Wildman–Crippen LogP) is 1.71. The van der Waals surface area contributed by atoms with Gasteiger partial charge in [-0.05, 0) is 0 Å². The van der Waals surface area contributed by atoms with Crippen molar-refractivity contribution in [3.8, 4) is 0 Å². The first-order valence-corrected chi connectivity index (χ1v) is 4.67. The summed E-state index contributed by atoms with van der Waals surface area (Å²) in [6.07, 6.45) is 0. The molecule has 0 rings (SSSR count). The van der Waals surface area contributed by atoms with Gasteiger partial charge in [0, 0.05) is 7.11 Å². The number of phosphoric ester groups is 1. The first kappa shape index (κ1) is 13.6. The molecule has 0 aromatic rings. The molecule has 0 spiro atoms. The zero-order chi connectivity index (χ0) is 8.78. The van der Waals surface area contributed by atoms with Crippen LogP contribution in [0, 0.1) is 0 Å². The molecule has 0 aliphatic heterocycles. The molecule has 4 nitrogen and oxygen atoms in total. The molecule has 0 aliphatic rings. The maximum Gasteiger partial charge on any atom is 0.469 e. The summed E-state index contributed by atoms with van der Waals surface area (Å²) in [5.41, 5.74) is 0. The van der Waals surface area contributed by atoms with E-state index in [-0.39, 0.29) is 0 Å². The largest absolute Gasteiger partial charge is 0.469 e. The van der Waals surface area contributed by atoms with Crippen molar-refractivity contribution in [2.24, 2.45) is 0 Å². The molecular weight excluding hydrogens is 225 g/mol. The van der Waals surface area contributed by atoms with Crippen LogP contribution in [0.15, 0.2) is 0 Å². The van der Waals surface area contributed by atoms with Crippen LogP contribution in [0.2, 0.25) is 0 Å². The van der Waals surface area contributed by atoms with Crippen molar-refractivity contribution in [3.63, 3.8) is 0 Å². The van der Waals surface area contributed by atoms with Crippen LogP contribution in [-0.2, 0) is 9.09 Å². The van der Waals surface area contributed by atoms with Gasteiger partial charge in [-0.1, -0.05) is 34.8 Å². The highest BCUT2D eigenvalue weighted by Crippen LogP contribution is 2.33. The van der Waals surface area contributed by atoms with Crippen LogP contribution in [0.1, 0.15) is 0 Å². The van der Waals surface area contributed by atoms with Crippen LogP contribution >= 0.6 is 42.6 Å². The van der Waals surface area contributed by atoms with E-state index in [1.54, 1.807) is 0 Å². The van der Waals surface area contributed by atoms with Gasteiger partial charge in [0.05, 0.1) is 0 Å². The molecule has 0 heterocycles. The summed E-state index contributed by atoms with van der Waals surface area (Å²) < 4.78 is 12.3. The maximum atomic E-state index is 9.47. The fourth-order valence-corrected chi connectivity index (χ4v) is 0. The lowest BCUT2D eigenvalue weighted by atomic mass is 11.8. The molecule has 0 aromatic heterocycles. The van der Waals surface area contributed by atoms with E-state index in [1.165, 1.54) is 0 Å². The molecule has 8 heteroatoms. The Hall–Kier alpha value is 0.980. The molecule has 10 heavy (non-hydrogen) atoms. The smallest absolute Gasteiger partial charge is 0.303 e. The third-order valence-electron chi connectivity index (χ3n) is 0.238. The highest BCUT2D eigenvalue weighted by molar-refractivity contribution is 7.46. The van der Waals surface area contributed by atoms with Gasteiger partial charge in [-0.2, -0.15) is 0 Å². The zero-order valence-electron chi connectivity index (χ0n) is 4.87. The van der Waals surface area contributed by atoms with Crippen LogP contribution in [0.25, 0.3) is 0 Å². The van der Waals surface area contributed by atoms with E-state index >= 15 is 0 Å². The van der Waals surface area contributed by atoms with Gasteiger partial charge in [0.25, 0.3) is 0 Å². The Balaban J connectivity index is 0. The molecular formula is C2H6Cl3O4P. The lowest BCUT2D eigenvalue weighted by molar-refractivity contribution is 0.235. The molecule has 0 atom stereocenters. The highest BCUT2D eigenvalue weighted by Gasteiger charge is 2.07. The Kier molecular flexibility index (Phi) is 9.05. The van der Waals surface area contributed by atoms with E-state index in [2.05, 4.69) is 4.52 Å². The quantitative estimate of drug-likeness (QED) is 0.532. The molecule has 0 bridgehead atoms. The maximum absolute atomic E-state index is 9.47. The van der Waals surface area contributed by atoms with Gasteiger partial charge >= 0.3 is 7.82 Å². The van der Waals surface area contributed by atoms with Crippen LogP contribution in [0.5, 0.6) is 0 Å². The second-order valence-corrected chi connectivity index (χ2v) is 4.25. The Morgan fingerprint density at radius 1 is 1.40 bits per heavy atom. The van der Waals surface area contributed by atoms with Gasteiger partial charge in [-0.3, -0.25) is 4.52 Å². The van der Waals surface area contributed by atoms with Crippen LogP contribution in [0.4, 0.5) is 0 Å². The summed E-state index contributed by atoms with van der Waals surface area (Å²) in [6, 6.07) is 0. The first-order valence-electron chi connectivity index (χ1n) is 1.83. The lowest BCUT2D eigenvalue weighted by Gasteiger charge is -1.93. The number of hydrogen-bond donors (Lipinski definition) is 2. The summed E-state index contributed by atoms with van der Waals surface area (Å²) >= 11 is 14.4. The normalized spacial score (nSPS) is 10.7. The van der Waals surface area contributed by atoms with Crippen molar-refractivity contribution in [1.82, 2.24) is 0 Å². The first-order chi connectivity index (χ1) is 4.29. The minimum absolute atomic E-state index is 0.750. The summed E-state index contributed by atoms with van der Waals surface area (Å²) in [5, 5.41) is 0. The molecule has 0 saturated heterocycles. The number of hydrogen-bond acceptors (Lipinski definition) is 2.